The van der Waals surface area contributed by atoms with E-state index in [0.29, 0.717) is 29.2 Å². The van der Waals surface area contributed by atoms with Gasteiger partial charge in [0.1, 0.15) is 5.84 Å². The highest BCUT2D eigenvalue weighted by Gasteiger charge is 2.25. The van der Waals surface area contributed by atoms with Crippen molar-refractivity contribution in [2.24, 2.45) is 4.40 Å². The highest BCUT2D eigenvalue weighted by atomic mass is 32.2. The lowest BCUT2D eigenvalue weighted by Crippen LogP contribution is -2.37. The van der Waals surface area contributed by atoms with Gasteiger partial charge in [0.15, 0.2) is 0 Å². The average Bonchev–Trinajstić information content (AvgIpc) is 2.63. The summed E-state index contributed by atoms with van der Waals surface area (Å²) in [6, 6.07) is 5.27. The van der Waals surface area contributed by atoms with Gasteiger partial charge in [0.25, 0.3) is 15.9 Å². The number of anilines is 2. The summed E-state index contributed by atoms with van der Waals surface area (Å²) in [5, 5.41) is 5.63. The van der Waals surface area contributed by atoms with E-state index in [-0.39, 0.29) is 24.1 Å². The highest BCUT2D eigenvalue weighted by molar-refractivity contribution is 7.90. The zero-order chi connectivity index (χ0) is 19.6. The number of fused-ring (bicyclic) bond motifs is 1. The molecule has 2 N–H and O–H groups in total. The van der Waals surface area contributed by atoms with E-state index in [2.05, 4.69) is 15.0 Å². The van der Waals surface area contributed by atoms with E-state index in [9.17, 15) is 18.0 Å². The minimum absolute atomic E-state index is 0.0893. The first-order chi connectivity index (χ1) is 12.8. The van der Waals surface area contributed by atoms with Crippen LogP contribution in [0.5, 0.6) is 0 Å². The quantitative estimate of drug-likeness (QED) is 0.817. The van der Waals surface area contributed by atoms with Gasteiger partial charge in [-0.3, -0.25) is 9.59 Å². The molecule has 0 aliphatic carbocycles. The molecule has 0 radical (unpaired) electrons. The standard InChI is InChI=1S/C18H20N4O4S/c1-3-17(23)19-14-5-4-6-15(12(14)2)20-18(24)13-7-8-16-21-27(25,26)10-9-22(16)11-13/h4-8,11H,3,9-10H2,1-2H3,(H,19,23)(H,20,24). The second-order valence-corrected chi connectivity index (χ2v) is 7.94. The number of rotatable bonds is 4. The number of amides is 2. The first-order valence-electron chi connectivity index (χ1n) is 8.49. The van der Waals surface area contributed by atoms with Crippen molar-refractivity contribution in [1.82, 2.24) is 4.90 Å². The molecule has 0 atom stereocenters. The Morgan fingerprint density at radius 3 is 2.59 bits per heavy atom. The summed E-state index contributed by atoms with van der Waals surface area (Å²) < 4.78 is 26.8. The molecule has 0 fully saturated rings. The molecule has 142 valence electrons. The van der Waals surface area contributed by atoms with Gasteiger partial charge < -0.3 is 15.5 Å². The van der Waals surface area contributed by atoms with Gasteiger partial charge in [-0.25, -0.2) is 8.42 Å². The van der Waals surface area contributed by atoms with Gasteiger partial charge in [-0.2, -0.15) is 0 Å². The summed E-state index contributed by atoms with van der Waals surface area (Å²) in [5.74, 6) is -0.223. The van der Waals surface area contributed by atoms with Crippen LogP contribution in [0.3, 0.4) is 0 Å². The first kappa shape index (κ1) is 18.8. The predicted octanol–water partition coefficient (Wildman–Crippen LogP) is 1.78. The van der Waals surface area contributed by atoms with Crippen molar-refractivity contribution in [1.29, 1.82) is 0 Å². The molecule has 8 nitrogen and oxygen atoms in total. The van der Waals surface area contributed by atoms with Crippen LogP contribution in [0.25, 0.3) is 0 Å². The lowest BCUT2D eigenvalue weighted by molar-refractivity contribution is -0.116. The van der Waals surface area contributed by atoms with Crippen LogP contribution in [0, 0.1) is 6.92 Å². The van der Waals surface area contributed by atoms with Crippen molar-refractivity contribution >= 4 is 39.0 Å². The van der Waals surface area contributed by atoms with Crippen LogP contribution in [0.2, 0.25) is 0 Å². The third-order valence-corrected chi connectivity index (χ3v) is 5.43. The summed E-state index contributed by atoms with van der Waals surface area (Å²) in [5.41, 5.74) is 2.36. The molecule has 3 rings (SSSR count). The van der Waals surface area contributed by atoms with Crippen molar-refractivity contribution in [3.05, 3.63) is 47.7 Å². The van der Waals surface area contributed by atoms with Gasteiger partial charge in [0.2, 0.25) is 5.91 Å². The summed E-state index contributed by atoms with van der Waals surface area (Å²) in [6.45, 7) is 3.83. The van der Waals surface area contributed by atoms with Crippen molar-refractivity contribution in [2.75, 3.05) is 22.9 Å². The smallest absolute Gasteiger partial charge is 0.257 e. The molecule has 1 aromatic carbocycles. The Bertz CT molecular complexity index is 993. The summed E-state index contributed by atoms with van der Waals surface area (Å²) in [4.78, 5) is 25.9. The van der Waals surface area contributed by atoms with E-state index >= 15 is 0 Å². The van der Waals surface area contributed by atoms with Crippen LogP contribution >= 0.6 is 0 Å². The monoisotopic (exact) mass is 388 g/mol. The van der Waals surface area contributed by atoms with E-state index < -0.39 is 10.0 Å². The van der Waals surface area contributed by atoms with Crippen LogP contribution in [0.4, 0.5) is 11.4 Å². The Hall–Kier alpha value is -2.94. The minimum Gasteiger partial charge on any atom is -0.330 e. The van der Waals surface area contributed by atoms with Crippen LogP contribution < -0.4 is 10.6 Å². The number of benzene rings is 1. The highest BCUT2D eigenvalue weighted by Crippen LogP contribution is 2.25. The van der Waals surface area contributed by atoms with E-state index in [1.165, 1.54) is 12.2 Å². The SMILES string of the molecule is CCC(=O)Nc1cccc(NC(=O)C2=CN3CCS(=O)(=O)N=C3C=C2)c1C. The van der Waals surface area contributed by atoms with Gasteiger partial charge >= 0.3 is 0 Å². The maximum absolute atomic E-state index is 12.6. The van der Waals surface area contributed by atoms with Crippen molar-refractivity contribution in [2.45, 2.75) is 20.3 Å². The van der Waals surface area contributed by atoms with Crippen molar-refractivity contribution < 1.29 is 18.0 Å². The van der Waals surface area contributed by atoms with Gasteiger partial charge in [-0.15, -0.1) is 4.40 Å². The second kappa shape index (κ2) is 7.36. The van der Waals surface area contributed by atoms with Crippen LogP contribution in [-0.2, 0) is 19.6 Å². The lowest BCUT2D eigenvalue weighted by atomic mass is 10.1. The number of amidine groups is 1. The maximum atomic E-state index is 12.6. The van der Waals surface area contributed by atoms with E-state index in [1.807, 2.05) is 6.92 Å². The molecule has 2 heterocycles. The molecule has 0 spiro atoms. The average molecular weight is 388 g/mol. The molecule has 2 aliphatic rings. The van der Waals surface area contributed by atoms with E-state index in [4.69, 9.17) is 0 Å². The fraction of sp³-hybridized carbons (Fsp3) is 0.278. The normalized spacial score (nSPS) is 17.5. The molecule has 1 aromatic rings. The molecule has 0 saturated heterocycles. The molecule has 9 heteroatoms. The first-order valence-corrected chi connectivity index (χ1v) is 10.1. The Morgan fingerprint density at radius 1 is 1.19 bits per heavy atom. The minimum atomic E-state index is -3.43. The largest absolute Gasteiger partial charge is 0.330 e. The number of carbonyl (C=O) groups excluding carboxylic acids is 2. The van der Waals surface area contributed by atoms with Crippen molar-refractivity contribution in [3.63, 3.8) is 0 Å². The molecule has 2 amide bonds. The summed E-state index contributed by atoms with van der Waals surface area (Å²) in [7, 11) is -3.43. The zero-order valence-electron chi connectivity index (χ0n) is 15.0. The fourth-order valence-electron chi connectivity index (χ4n) is 2.67. The van der Waals surface area contributed by atoms with Gasteiger partial charge in [-0.05, 0) is 36.8 Å². The lowest BCUT2D eigenvalue weighted by Gasteiger charge is -2.27. The number of nitrogens with one attached hydrogen (secondary N) is 2. The molecule has 0 aromatic heterocycles. The number of sulfonamides is 1. The van der Waals surface area contributed by atoms with Crippen LogP contribution in [-0.4, -0.2) is 43.3 Å². The second-order valence-electron chi connectivity index (χ2n) is 6.18. The van der Waals surface area contributed by atoms with E-state index in [0.717, 1.165) is 5.56 Å². The van der Waals surface area contributed by atoms with Crippen LogP contribution in [0.15, 0.2) is 46.5 Å². The molecule has 27 heavy (non-hydrogen) atoms. The number of hydrogen-bond acceptors (Lipinski definition) is 5. The third-order valence-electron chi connectivity index (χ3n) is 4.26. The molecule has 2 aliphatic heterocycles. The number of carbonyl (C=O) groups is 2. The van der Waals surface area contributed by atoms with Gasteiger partial charge in [0.05, 0.1) is 11.3 Å². The third kappa shape index (κ3) is 4.25. The Labute approximate surface area is 157 Å². The Kier molecular flexibility index (Phi) is 5.13. The number of hydrogen-bond donors (Lipinski definition) is 2. The summed E-state index contributed by atoms with van der Waals surface area (Å²) in [6.07, 6.45) is 4.99. The maximum Gasteiger partial charge on any atom is 0.257 e. The van der Waals surface area contributed by atoms with Gasteiger partial charge in [0, 0.05) is 30.5 Å². The zero-order valence-corrected chi connectivity index (χ0v) is 15.8. The summed E-state index contributed by atoms with van der Waals surface area (Å²) >= 11 is 0. The van der Waals surface area contributed by atoms with E-state index in [1.54, 1.807) is 36.2 Å². The predicted molar refractivity (Wildman–Crippen MR) is 104 cm³/mol. The molecular formula is C18H20N4O4S. The van der Waals surface area contributed by atoms with Gasteiger partial charge in [-0.1, -0.05) is 13.0 Å². The van der Waals surface area contributed by atoms with Crippen LogP contribution in [0.1, 0.15) is 18.9 Å². The molecule has 0 bridgehead atoms. The molecular weight excluding hydrogens is 368 g/mol. The topological polar surface area (TPSA) is 108 Å². The molecule has 0 unspecified atom stereocenters. The Balaban J connectivity index is 1.77. The fourth-order valence-corrected chi connectivity index (χ4v) is 3.64. The van der Waals surface area contributed by atoms with Crippen molar-refractivity contribution in [3.8, 4) is 0 Å². The Morgan fingerprint density at radius 2 is 1.89 bits per heavy atom. The number of nitrogens with zero attached hydrogens (tertiary/aromatic N) is 2. The molecule has 0 saturated carbocycles.